The summed E-state index contributed by atoms with van der Waals surface area (Å²) >= 11 is 0. The molecular formula is C23H15N5O4. The largest absolute Gasteiger partial charge is 0.454 e. The predicted octanol–water partition coefficient (Wildman–Crippen LogP) is 4.10. The van der Waals surface area contributed by atoms with E-state index < -0.39 is 10.8 Å². The molecule has 9 nitrogen and oxygen atoms in total. The molecule has 2 heterocycles. The van der Waals surface area contributed by atoms with E-state index >= 15 is 0 Å². The number of hydrogen-bond donors (Lipinski definition) is 1. The van der Waals surface area contributed by atoms with E-state index in [1.807, 2.05) is 30.3 Å². The summed E-state index contributed by atoms with van der Waals surface area (Å²) < 4.78 is 7.55. The first-order chi connectivity index (χ1) is 15.5. The summed E-state index contributed by atoms with van der Waals surface area (Å²) in [5.74, 6) is 0.0208. The molecule has 2 aromatic carbocycles. The molecule has 0 fully saturated rings. The predicted molar refractivity (Wildman–Crippen MR) is 116 cm³/mol. The number of primary amides is 1. The fourth-order valence-corrected chi connectivity index (χ4v) is 3.08. The normalized spacial score (nSPS) is 11.2. The first-order valence-electron chi connectivity index (χ1n) is 9.38. The van der Waals surface area contributed by atoms with Gasteiger partial charge in [0.25, 0.3) is 11.6 Å². The van der Waals surface area contributed by atoms with Gasteiger partial charge in [-0.1, -0.05) is 18.2 Å². The number of nitrogens with two attached hydrogens (primary N) is 1. The highest BCUT2D eigenvalue weighted by molar-refractivity contribution is 6.01. The van der Waals surface area contributed by atoms with Crippen molar-refractivity contribution in [1.82, 2.24) is 9.78 Å². The molecule has 4 rings (SSSR count). The summed E-state index contributed by atoms with van der Waals surface area (Å²) in [5.41, 5.74) is 7.33. The number of hydrogen-bond acceptors (Lipinski definition) is 6. The van der Waals surface area contributed by atoms with Gasteiger partial charge in [0.15, 0.2) is 5.76 Å². The van der Waals surface area contributed by atoms with Crippen LogP contribution >= 0.6 is 0 Å². The minimum absolute atomic E-state index is 0.0231. The van der Waals surface area contributed by atoms with Gasteiger partial charge in [-0.3, -0.25) is 14.9 Å². The van der Waals surface area contributed by atoms with Crippen LogP contribution in [0.3, 0.4) is 0 Å². The van der Waals surface area contributed by atoms with Gasteiger partial charge < -0.3 is 10.2 Å². The number of para-hydroxylation sites is 1. The van der Waals surface area contributed by atoms with E-state index in [0.29, 0.717) is 28.3 Å². The second-order valence-corrected chi connectivity index (χ2v) is 6.72. The number of non-ortho nitro benzene ring substituents is 1. The molecule has 0 aliphatic rings. The molecule has 0 saturated carbocycles. The highest BCUT2D eigenvalue weighted by Gasteiger charge is 2.17. The van der Waals surface area contributed by atoms with Gasteiger partial charge in [-0.15, -0.1) is 0 Å². The van der Waals surface area contributed by atoms with E-state index in [1.54, 1.807) is 41.2 Å². The maximum atomic E-state index is 11.6. The molecular weight excluding hydrogens is 410 g/mol. The fourth-order valence-electron chi connectivity index (χ4n) is 3.08. The van der Waals surface area contributed by atoms with Crippen molar-refractivity contribution in [2.45, 2.75) is 0 Å². The van der Waals surface area contributed by atoms with Crippen molar-refractivity contribution in [2.24, 2.45) is 5.73 Å². The Morgan fingerprint density at radius 3 is 2.41 bits per heavy atom. The van der Waals surface area contributed by atoms with Crippen LogP contribution in [-0.2, 0) is 4.79 Å². The number of carbonyl (C=O) groups excluding carboxylic acids is 1. The SMILES string of the molecule is N#C/C(=C/c1cn(-c2ccccc2)nc1-c1ccc(-c2ccc([N+](=O)[O-])cc2)o1)C(N)=O. The van der Waals surface area contributed by atoms with Gasteiger partial charge >= 0.3 is 0 Å². The van der Waals surface area contributed by atoms with Gasteiger partial charge in [-0.2, -0.15) is 10.4 Å². The van der Waals surface area contributed by atoms with Gasteiger partial charge in [-0.05, 0) is 42.5 Å². The van der Waals surface area contributed by atoms with Crippen LogP contribution in [0.5, 0.6) is 0 Å². The van der Waals surface area contributed by atoms with Gasteiger partial charge in [0.05, 0.1) is 10.6 Å². The maximum Gasteiger partial charge on any atom is 0.269 e. The summed E-state index contributed by atoms with van der Waals surface area (Å²) in [4.78, 5) is 21.9. The minimum atomic E-state index is -0.850. The van der Waals surface area contributed by atoms with Gasteiger partial charge in [0, 0.05) is 29.5 Å². The average molecular weight is 425 g/mol. The molecule has 0 bridgehead atoms. The molecule has 32 heavy (non-hydrogen) atoms. The molecule has 0 saturated heterocycles. The first-order valence-corrected chi connectivity index (χ1v) is 9.38. The number of nitriles is 1. The zero-order valence-electron chi connectivity index (χ0n) is 16.5. The number of carbonyl (C=O) groups is 1. The Hall–Kier alpha value is -4.97. The Balaban J connectivity index is 1.79. The lowest BCUT2D eigenvalue weighted by atomic mass is 10.1. The van der Waals surface area contributed by atoms with Crippen LogP contribution in [0.1, 0.15) is 5.56 Å². The number of benzene rings is 2. The van der Waals surface area contributed by atoms with Gasteiger partial charge in [0.2, 0.25) is 0 Å². The molecule has 2 N–H and O–H groups in total. The Labute approximate surface area is 181 Å². The quantitative estimate of drug-likeness (QED) is 0.213. The number of nitro benzene ring substituents is 1. The number of furan rings is 1. The van der Waals surface area contributed by atoms with E-state index in [0.717, 1.165) is 5.69 Å². The van der Waals surface area contributed by atoms with Crippen molar-refractivity contribution in [3.8, 4) is 34.5 Å². The Morgan fingerprint density at radius 2 is 1.78 bits per heavy atom. The van der Waals surface area contributed by atoms with Crippen molar-refractivity contribution in [3.63, 3.8) is 0 Å². The van der Waals surface area contributed by atoms with Crippen LogP contribution in [0, 0.1) is 21.4 Å². The van der Waals surface area contributed by atoms with Gasteiger partial charge in [0.1, 0.15) is 23.1 Å². The van der Waals surface area contributed by atoms with E-state index in [4.69, 9.17) is 10.2 Å². The standard InChI is InChI=1S/C23H15N5O4/c24-13-16(23(25)29)12-17-14-27(18-4-2-1-3-5-18)26-22(17)21-11-10-20(32-21)15-6-8-19(9-7-15)28(30)31/h1-12,14H,(H2,25,29)/b16-12-. The molecule has 9 heteroatoms. The lowest BCUT2D eigenvalue weighted by molar-refractivity contribution is -0.384. The van der Waals surface area contributed by atoms with Crippen LogP contribution in [0.2, 0.25) is 0 Å². The van der Waals surface area contributed by atoms with Crippen molar-refractivity contribution in [1.29, 1.82) is 5.26 Å². The molecule has 1 amide bonds. The van der Waals surface area contributed by atoms with E-state index in [1.165, 1.54) is 18.2 Å². The third-order valence-electron chi connectivity index (χ3n) is 4.65. The van der Waals surface area contributed by atoms with Crippen molar-refractivity contribution in [3.05, 3.63) is 94.2 Å². The Kier molecular flexibility index (Phi) is 5.34. The van der Waals surface area contributed by atoms with Crippen LogP contribution in [0.4, 0.5) is 5.69 Å². The number of rotatable bonds is 6. The van der Waals surface area contributed by atoms with Crippen LogP contribution < -0.4 is 5.73 Å². The Morgan fingerprint density at radius 1 is 1.09 bits per heavy atom. The minimum Gasteiger partial charge on any atom is -0.454 e. The summed E-state index contributed by atoms with van der Waals surface area (Å²) in [6.45, 7) is 0. The molecule has 0 aliphatic carbocycles. The summed E-state index contributed by atoms with van der Waals surface area (Å²) in [6, 6.07) is 20.5. The van der Waals surface area contributed by atoms with Crippen molar-refractivity contribution in [2.75, 3.05) is 0 Å². The zero-order valence-corrected chi connectivity index (χ0v) is 16.5. The lowest BCUT2D eigenvalue weighted by Crippen LogP contribution is -2.12. The number of aromatic nitrogens is 2. The number of nitro groups is 1. The zero-order chi connectivity index (χ0) is 22.7. The monoisotopic (exact) mass is 425 g/mol. The second-order valence-electron chi connectivity index (χ2n) is 6.72. The topological polar surface area (TPSA) is 141 Å². The second kappa shape index (κ2) is 8.41. The summed E-state index contributed by atoms with van der Waals surface area (Å²) in [7, 11) is 0. The summed E-state index contributed by atoms with van der Waals surface area (Å²) in [6.07, 6.45) is 3.02. The molecule has 4 aromatic rings. The molecule has 0 aliphatic heterocycles. The molecule has 0 unspecified atom stereocenters. The molecule has 0 radical (unpaired) electrons. The third kappa shape index (κ3) is 4.01. The number of amides is 1. The van der Waals surface area contributed by atoms with Crippen LogP contribution in [0.15, 0.2) is 82.9 Å². The molecule has 2 aromatic heterocycles. The van der Waals surface area contributed by atoms with E-state index in [-0.39, 0.29) is 11.3 Å². The van der Waals surface area contributed by atoms with Gasteiger partial charge in [-0.25, -0.2) is 4.68 Å². The number of nitrogens with zero attached hydrogens (tertiary/aromatic N) is 4. The third-order valence-corrected chi connectivity index (χ3v) is 4.65. The van der Waals surface area contributed by atoms with Crippen molar-refractivity contribution >= 4 is 17.7 Å². The molecule has 0 atom stereocenters. The first kappa shape index (κ1) is 20.3. The highest BCUT2D eigenvalue weighted by atomic mass is 16.6. The van der Waals surface area contributed by atoms with Crippen LogP contribution in [0.25, 0.3) is 34.5 Å². The van der Waals surface area contributed by atoms with E-state index in [2.05, 4.69) is 5.10 Å². The summed E-state index contributed by atoms with van der Waals surface area (Å²) in [5, 5.41) is 24.7. The van der Waals surface area contributed by atoms with Crippen LogP contribution in [-0.4, -0.2) is 20.6 Å². The average Bonchev–Trinajstić information content (AvgIpc) is 3.45. The Bertz CT molecular complexity index is 1380. The van der Waals surface area contributed by atoms with Crippen molar-refractivity contribution < 1.29 is 14.1 Å². The molecule has 156 valence electrons. The smallest absolute Gasteiger partial charge is 0.269 e. The highest BCUT2D eigenvalue weighted by Crippen LogP contribution is 2.32. The van der Waals surface area contributed by atoms with E-state index in [9.17, 15) is 20.2 Å². The lowest BCUT2D eigenvalue weighted by Gasteiger charge is -1.99. The fraction of sp³-hybridized carbons (Fsp3) is 0. The maximum absolute atomic E-state index is 11.6. The molecule has 0 spiro atoms.